The lowest BCUT2D eigenvalue weighted by Gasteiger charge is -2.04. The number of hydrogen-bond acceptors (Lipinski definition) is 7. The van der Waals surface area contributed by atoms with Crippen LogP contribution >= 0.6 is 23.1 Å². The first-order valence-electron chi connectivity index (χ1n) is 7.89. The molecule has 3 rings (SSSR count). The molecule has 1 aliphatic heterocycles. The molecule has 134 valence electrons. The summed E-state index contributed by atoms with van der Waals surface area (Å²) in [6.45, 7) is 1.94. The molecule has 1 aromatic carbocycles. The molecule has 0 saturated carbocycles. The van der Waals surface area contributed by atoms with Gasteiger partial charge in [0.1, 0.15) is 22.1 Å². The van der Waals surface area contributed by atoms with Crippen LogP contribution in [0.25, 0.3) is 6.08 Å². The second-order valence-electron chi connectivity index (χ2n) is 5.19. The van der Waals surface area contributed by atoms with Crippen molar-refractivity contribution in [3.63, 3.8) is 0 Å². The summed E-state index contributed by atoms with van der Waals surface area (Å²) < 4.78 is 10.2. The predicted molar refractivity (Wildman–Crippen MR) is 106 cm³/mol. The van der Waals surface area contributed by atoms with Gasteiger partial charge < -0.3 is 14.6 Å². The lowest BCUT2D eigenvalue weighted by atomic mass is 10.2. The number of thiophene rings is 1. The highest BCUT2D eigenvalue weighted by molar-refractivity contribution is 8.18. The number of aliphatic hydroxyl groups excluding tert-OH is 1. The highest BCUT2D eigenvalue weighted by Gasteiger charge is 2.33. The fraction of sp³-hybridized carbons (Fsp3) is 0.158. The Morgan fingerprint density at radius 2 is 2.04 bits per heavy atom. The molecule has 1 aromatic heterocycles. The van der Waals surface area contributed by atoms with Crippen LogP contribution in [0.5, 0.6) is 5.75 Å². The molecule has 0 amide bonds. The van der Waals surface area contributed by atoms with Crippen molar-refractivity contribution in [1.29, 1.82) is 0 Å². The van der Waals surface area contributed by atoms with Crippen molar-refractivity contribution in [3.05, 3.63) is 62.9 Å². The summed E-state index contributed by atoms with van der Waals surface area (Å²) in [4.78, 5) is 18.4. The molecule has 1 N–H and O–H groups in total. The molecular formula is C19H17NO4S2. The van der Waals surface area contributed by atoms with E-state index in [1.54, 1.807) is 49.6 Å². The number of carbonyl (C=O) groups is 1. The Balaban J connectivity index is 1.99. The number of methoxy groups -OCH3 is 1. The third kappa shape index (κ3) is 4.00. The summed E-state index contributed by atoms with van der Waals surface area (Å²) in [6, 6.07) is 11.0. The molecule has 0 spiro atoms. The quantitative estimate of drug-likeness (QED) is 0.735. The Bertz CT molecular complexity index is 881. The van der Waals surface area contributed by atoms with E-state index in [1.807, 2.05) is 23.6 Å². The highest BCUT2D eigenvalue weighted by Crippen LogP contribution is 2.40. The number of thioether (sulfide) groups is 1. The lowest BCUT2D eigenvalue weighted by molar-refractivity contribution is -0.138. The van der Waals surface area contributed by atoms with E-state index < -0.39 is 5.97 Å². The summed E-state index contributed by atoms with van der Waals surface area (Å²) >= 11 is 2.79. The van der Waals surface area contributed by atoms with Gasteiger partial charge in [-0.3, -0.25) is 0 Å². The molecule has 5 nitrogen and oxygen atoms in total. The topological polar surface area (TPSA) is 68.1 Å². The van der Waals surface area contributed by atoms with Crippen LogP contribution in [-0.2, 0) is 9.53 Å². The Labute approximate surface area is 159 Å². The molecule has 0 fully saturated rings. The standard InChI is InChI=1S/C19H17NO4S2/c1-3-24-19(22)16-17(21)15(11-14-5-4-10-25-14)26-18(16)20-12-6-8-13(23-2)9-7-12/h4-11,21H,3H2,1-2H3/b15-11+,20-18?. The molecule has 0 aliphatic carbocycles. The second kappa shape index (κ2) is 8.25. The highest BCUT2D eigenvalue weighted by atomic mass is 32.2. The van der Waals surface area contributed by atoms with Gasteiger partial charge in [-0.15, -0.1) is 11.3 Å². The maximum atomic E-state index is 12.3. The number of hydrogen-bond donors (Lipinski definition) is 1. The SMILES string of the molecule is CCOC(=O)C1=C(O)/C(=C\c2cccs2)SC1=Nc1ccc(OC)cc1. The molecule has 2 aromatic rings. The first-order valence-corrected chi connectivity index (χ1v) is 9.59. The van der Waals surface area contributed by atoms with Crippen LogP contribution in [0.2, 0.25) is 0 Å². The van der Waals surface area contributed by atoms with Crippen molar-refractivity contribution in [2.45, 2.75) is 6.92 Å². The first-order chi connectivity index (χ1) is 12.6. The normalized spacial score (nSPS) is 17.2. The minimum atomic E-state index is -0.584. The van der Waals surface area contributed by atoms with Crippen LogP contribution in [0.1, 0.15) is 11.8 Å². The molecule has 0 bridgehead atoms. The van der Waals surface area contributed by atoms with Gasteiger partial charge in [-0.2, -0.15) is 0 Å². The summed E-state index contributed by atoms with van der Waals surface area (Å²) in [5, 5.41) is 12.9. The van der Waals surface area contributed by atoms with E-state index in [1.165, 1.54) is 11.8 Å². The smallest absolute Gasteiger partial charge is 0.344 e. The molecule has 0 radical (unpaired) electrons. The van der Waals surface area contributed by atoms with Gasteiger partial charge in [0.15, 0.2) is 0 Å². The van der Waals surface area contributed by atoms with Gasteiger partial charge in [0.25, 0.3) is 0 Å². The van der Waals surface area contributed by atoms with Crippen LogP contribution in [0.3, 0.4) is 0 Å². The van der Waals surface area contributed by atoms with Crippen LogP contribution in [0.4, 0.5) is 5.69 Å². The minimum Gasteiger partial charge on any atom is -0.506 e. The Kier molecular flexibility index (Phi) is 5.80. The average molecular weight is 387 g/mol. The molecule has 2 heterocycles. The summed E-state index contributed by atoms with van der Waals surface area (Å²) in [5.41, 5.74) is 0.746. The number of esters is 1. The van der Waals surface area contributed by atoms with Crippen LogP contribution in [0.15, 0.2) is 63.0 Å². The van der Waals surface area contributed by atoms with E-state index in [-0.39, 0.29) is 17.9 Å². The zero-order valence-electron chi connectivity index (χ0n) is 14.3. The number of rotatable bonds is 5. The van der Waals surface area contributed by atoms with Gasteiger partial charge in [0.2, 0.25) is 0 Å². The second-order valence-corrected chi connectivity index (χ2v) is 7.20. The van der Waals surface area contributed by atoms with Crippen LogP contribution in [0, 0.1) is 0 Å². The number of carbonyl (C=O) groups excluding carboxylic acids is 1. The number of aliphatic hydroxyl groups is 1. The summed E-state index contributed by atoms with van der Waals surface area (Å²) in [5.74, 6) is 0.0313. The Morgan fingerprint density at radius 3 is 2.65 bits per heavy atom. The lowest BCUT2D eigenvalue weighted by Crippen LogP contribution is -2.12. The molecule has 0 saturated heterocycles. The molecule has 0 atom stereocenters. The van der Waals surface area contributed by atoms with Crippen molar-refractivity contribution in [2.75, 3.05) is 13.7 Å². The Morgan fingerprint density at radius 1 is 1.27 bits per heavy atom. The number of nitrogens with zero attached hydrogens (tertiary/aromatic N) is 1. The van der Waals surface area contributed by atoms with E-state index in [9.17, 15) is 9.90 Å². The molecular weight excluding hydrogens is 370 g/mol. The van der Waals surface area contributed by atoms with Crippen LogP contribution in [-0.4, -0.2) is 29.8 Å². The van der Waals surface area contributed by atoms with Crippen LogP contribution < -0.4 is 4.74 Å². The van der Waals surface area contributed by atoms with Gasteiger partial charge in [-0.05, 0) is 48.7 Å². The molecule has 0 unspecified atom stereocenters. The summed E-state index contributed by atoms with van der Waals surface area (Å²) in [7, 11) is 1.59. The number of benzene rings is 1. The average Bonchev–Trinajstić information content (AvgIpc) is 3.25. The monoisotopic (exact) mass is 387 g/mol. The molecule has 7 heteroatoms. The fourth-order valence-electron chi connectivity index (χ4n) is 2.27. The molecule has 26 heavy (non-hydrogen) atoms. The van der Waals surface area contributed by atoms with Crippen molar-refractivity contribution >= 4 is 45.9 Å². The van der Waals surface area contributed by atoms with E-state index >= 15 is 0 Å². The number of aliphatic imine (C=N–C) groups is 1. The maximum Gasteiger partial charge on any atom is 0.344 e. The fourth-order valence-corrected chi connectivity index (χ4v) is 4.03. The van der Waals surface area contributed by atoms with E-state index in [0.29, 0.717) is 15.6 Å². The van der Waals surface area contributed by atoms with E-state index in [2.05, 4.69) is 4.99 Å². The van der Waals surface area contributed by atoms with Gasteiger partial charge >= 0.3 is 5.97 Å². The Hall–Kier alpha value is -2.51. The van der Waals surface area contributed by atoms with Gasteiger partial charge in [0, 0.05) is 4.88 Å². The maximum absolute atomic E-state index is 12.3. The first kappa shape index (κ1) is 18.3. The third-order valence-electron chi connectivity index (χ3n) is 3.49. The zero-order valence-corrected chi connectivity index (χ0v) is 15.9. The van der Waals surface area contributed by atoms with Crippen molar-refractivity contribution < 1.29 is 19.4 Å². The minimum absolute atomic E-state index is 0.0930. The van der Waals surface area contributed by atoms with Crippen molar-refractivity contribution in [2.24, 2.45) is 4.99 Å². The number of ether oxygens (including phenoxy) is 2. The van der Waals surface area contributed by atoms with Crippen molar-refractivity contribution in [3.8, 4) is 5.75 Å². The van der Waals surface area contributed by atoms with E-state index in [0.717, 1.165) is 10.6 Å². The van der Waals surface area contributed by atoms with E-state index in [4.69, 9.17) is 9.47 Å². The molecule has 1 aliphatic rings. The largest absolute Gasteiger partial charge is 0.506 e. The summed E-state index contributed by atoms with van der Waals surface area (Å²) in [6.07, 6.45) is 1.83. The van der Waals surface area contributed by atoms with Gasteiger partial charge in [-0.1, -0.05) is 17.8 Å². The van der Waals surface area contributed by atoms with Gasteiger partial charge in [0.05, 0.1) is 24.3 Å². The predicted octanol–water partition coefficient (Wildman–Crippen LogP) is 4.95. The van der Waals surface area contributed by atoms with Crippen molar-refractivity contribution in [1.82, 2.24) is 0 Å². The van der Waals surface area contributed by atoms with Gasteiger partial charge in [-0.25, -0.2) is 9.79 Å². The third-order valence-corrected chi connectivity index (χ3v) is 5.33. The zero-order chi connectivity index (χ0) is 18.5.